The fourth-order valence-electron chi connectivity index (χ4n) is 2.11. The Hall–Kier alpha value is -0.0400. The van der Waals surface area contributed by atoms with E-state index in [4.69, 9.17) is 11.6 Å². The third-order valence-corrected chi connectivity index (χ3v) is 3.29. The zero-order chi connectivity index (χ0) is 10.4. The van der Waals surface area contributed by atoms with Crippen LogP contribution in [0.1, 0.15) is 64.7 Å². The lowest BCUT2D eigenvalue weighted by Gasteiger charge is -2.20. The Morgan fingerprint density at radius 3 is 2.36 bits per heavy atom. The van der Waals surface area contributed by atoms with Gasteiger partial charge in [0.25, 0.3) is 0 Å². The fourth-order valence-corrected chi connectivity index (χ4v) is 2.39. The summed E-state index contributed by atoms with van der Waals surface area (Å²) in [5.74, 6) is 0.351. The highest BCUT2D eigenvalue weighted by Crippen LogP contribution is 2.28. The van der Waals surface area contributed by atoms with Gasteiger partial charge in [-0.25, -0.2) is 0 Å². The van der Waals surface area contributed by atoms with E-state index in [-0.39, 0.29) is 4.87 Å². The van der Waals surface area contributed by atoms with Crippen LogP contribution in [-0.4, -0.2) is 10.7 Å². The second kappa shape index (κ2) is 5.75. The molecule has 0 N–H and O–H groups in total. The second-order valence-electron chi connectivity index (χ2n) is 4.75. The Bertz CT molecular complexity index is 187. The number of ketones is 1. The standard InChI is InChI=1S/C12H21ClO/c1-12(13)9-7-5-3-2-4-6-8-11(14)10-12/h2-10H2,1H3. The van der Waals surface area contributed by atoms with Crippen molar-refractivity contribution in [2.45, 2.75) is 69.6 Å². The van der Waals surface area contributed by atoms with Crippen molar-refractivity contribution in [3.63, 3.8) is 0 Å². The lowest BCUT2D eigenvalue weighted by atomic mass is 9.96. The predicted molar refractivity (Wildman–Crippen MR) is 60.8 cm³/mol. The third-order valence-electron chi connectivity index (χ3n) is 2.97. The van der Waals surface area contributed by atoms with E-state index in [1.165, 1.54) is 32.1 Å². The molecule has 0 bridgehead atoms. The number of Topliss-reactive ketones (excluding diaryl/α,β-unsaturated/α-hetero) is 1. The lowest BCUT2D eigenvalue weighted by Crippen LogP contribution is -2.21. The molecule has 14 heavy (non-hydrogen) atoms. The molecule has 82 valence electrons. The number of rotatable bonds is 0. The van der Waals surface area contributed by atoms with Crippen molar-refractivity contribution in [3.05, 3.63) is 0 Å². The molecule has 0 aromatic heterocycles. The summed E-state index contributed by atoms with van der Waals surface area (Å²) >= 11 is 6.30. The summed E-state index contributed by atoms with van der Waals surface area (Å²) in [5, 5.41) is 0. The number of hydrogen-bond acceptors (Lipinski definition) is 1. The summed E-state index contributed by atoms with van der Waals surface area (Å²) in [4.78, 5) is 11.3. The molecule has 0 heterocycles. The van der Waals surface area contributed by atoms with Gasteiger partial charge in [0, 0.05) is 17.7 Å². The largest absolute Gasteiger partial charge is 0.300 e. The molecule has 1 aliphatic carbocycles. The molecule has 2 heteroatoms. The average Bonchev–Trinajstić information content (AvgIpc) is 2.10. The van der Waals surface area contributed by atoms with Gasteiger partial charge in [0.15, 0.2) is 0 Å². The molecule has 1 fully saturated rings. The van der Waals surface area contributed by atoms with Gasteiger partial charge < -0.3 is 0 Å². The quantitative estimate of drug-likeness (QED) is 0.558. The monoisotopic (exact) mass is 216 g/mol. The molecule has 0 aromatic rings. The molecule has 0 radical (unpaired) electrons. The van der Waals surface area contributed by atoms with Crippen LogP contribution in [0.3, 0.4) is 0 Å². The Labute approximate surface area is 92.2 Å². The number of hydrogen-bond donors (Lipinski definition) is 0. The molecule has 0 saturated heterocycles. The maximum atomic E-state index is 11.5. The van der Waals surface area contributed by atoms with Crippen molar-refractivity contribution in [2.75, 3.05) is 0 Å². The van der Waals surface area contributed by atoms with Gasteiger partial charge >= 0.3 is 0 Å². The topological polar surface area (TPSA) is 17.1 Å². The fraction of sp³-hybridized carbons (Fsp3) is 0.917. The van der Waals surface area contributed by atoms with Crippen LogP contribution in [0.4, 0.5) is 0 Å². The summed E-state index contributed by atoms with van der Waals surface area (Å²) in [7, 11) is 0. The first kappa shape index (κ1) is 12.0. The van der Waals surface area contributed by atoms with Crippen LogP contribution in [0.25, 0.3) is 0 Å². The Morgan fingerprint density at radius 2 is 1.64 bits per heavy atom. The van der Waals surface area contributed by atoms with E-state index >= 15 is 0 Å². The highest BCUT2D eigenvalue weighted by atomic mass is 35.5. The Kier molecular flexibility index (Phi) is 4.94. The minimum Gasteiger partial charge on any atom is -0.300 e. The number of alkyl halides is 1. The molecule has 0 aromatic carbocycles. The van der Waals surface area contributed by atoms with E-state index in [0.717, 1.165) is 19.3 Å². The minimum absolute atomic E-state index is 0.276. The van der Waals surface area contributed by atoms with Gasteiger partial charge in [0.05, 0.1) is 0 Å². The molecule has 1 atom stereocenters. The summed E-state index contributed by atoms with van der Waals surface area (Å²) in [5.41, 5.74) is 0. The molecule has 0 amide bonds. The molecule has 1 rings (SSSR count). The first-order chi connectivity index (χ1) is 6.60. The maximum Gasteiger partial charge on any atom is 0.134 e. The van der Waals surface area contributed by atoms with Crippen LogP contribution >= 0.6 is 11.6 Å². The van der Waals surface area contributed by atoms with Gasteiger partial charge in [0.2, 0.25) is 0 Å². The smallest absolute Gasteiger partial charge is 0.134 e. The highest BCUT2D eigenvalue weighted by Gasteiger charge is 2.24. The Morgan fingerprint density at radius 1 is 1.07 bits per heavy atom. The number of carbonyl (C=O) groups is 1. The molecule has 0 spiro atoms. The van der Waals surface area contributed by atoms with E-state index in [2.05, 4.69) is 0 Å². The van der Waals surface area contributed by atoms with Gasteiger partial charge in [-0.05, 0) is 19.8 Å². The molecule has 1 unspecified atom stereocenters. The summed E-state index contributed by atoms with van der Waals surface area (Å²) in [6, 6.07) is 0. The van der Waals surface area contributed by atoms with Crippen molar-refractivity contribution in [2.24, 2.45) is 0 Å². The minimum atomic E-state index is -0.276. The van der Waals surface area contributed by atoms with Crippen molar-refractivity contribution in [1.29, 1.82) is 0 Å². The van der Waals surface area contributed by atoms with Crippen LogP contribution < -0.4 is 0 Å². The molecule has 1 nitrogen and oxygen atoms in total. The highest BCUT2D eigenvalue weighted by molar-refractivity contribution is 6.24. The Balaban J connectivity index is 2.44. The predicted octanol–water partition coefficient (Wildman–Crippen LogP) is 4.08. The van der Waals surface area contributed by atoms with Gasteiger partial charge in [-0.1, -0.05) is 32.1 Å². The van der Waals surface area contributed by atoms with Crippen molar-refractivity contribution < 1.29 is 4.79 Å². The van der Waals surface area contributed by atoms with E-state index in [1.807, 2.05) is 6.92 Å². The van der Waals surface area contributed by atoms with Crippen LogP contribution in [0.15, 0.2) is 0 Å². The third kappa shape index (κ3) is 4.99. The molecule has 0 aliphatic heterocycles. The van der Waals surface area contributed by atoms with E-state index in [1.54, 1.807) is 0 Å². The maximum absolute atomic E-state index is 11.5. The summed E-state index contributed by atoms with van der Waals surface area (Å²) in [6.07, 6.45) is 9.60. The number of carbonyl (C=O) groups excluding carboxylic acids is 1. The zero-order valence-electron chi connectivity index (χ0n) is 9.15. The van der Waals surface area contributed by atoms with Crippen LogP contribution in [0.5, 0.6) is 0 Å². The second-order valence-corrected chi connectivity index (χ2v) is 5.66. The van der Waals surface area contributed by atoms with E-state index < -0.39 is 0 Å². The molecular formula is C12H21ClO. The van der Waals surface area contributed by atoms with E-state index in [9.17, 15) is 4.79 Å². The van der Waals surface area contributed by atoms with Gasteiger partial charge in [-0.3, -0.25) is 4.79 Å². The van der Waals surface area contributed by atoms with Crippen molar-refractivity contribution >= 4 is 17.4 Å². The first-order valence-corrected chi connectivity index (χ1v) is 6.19. The van der Waals surface area contributed by atoms with Gasteiger partial charge in [-0.15, -0.1) is 11.6 Å². The van der Waals surface area contributed by atoms with Crippen LogP contribution in [0.2, 0.25) is 0 Å². The SMILES string of the molecule is CC1(Cl)CCCCCCCCC(=O)C1. The van der Waals surface area contributed by atoms with Crippen molar-refractivity contribution in [3.8, 4) is 0 Å². The van der Waals surface area contributed by atoms with Crippen molar-refractivity contribution in [1.82, 2.24) is 0 Å². The number of halogens is 1. The summed E-state index contributed by atoms with van der Waals surface area (Å²) in [6.45, 7) is 2.00. The normalized spacial score (nSPS) is 32.3. The van der Waals surface area contributed by atoms with Gasteiger partial charge in [0.1, 0.15) is 5.78 Å². The van der Waals surface area contributed by atoms with E-state index in [0.29, 0.717) is 12.2 Å². The average molecular weight is 217 g/mol. The van der Waals surface area contributed by atoms with Crippen LogP contribution in [0, 0.1) is 0 Å². The summed E-state index contributed by atoms with van der Waals surface area (Å²) < 4.78 is 0. The first-order valence-electron chi connectivity index (χ1n) is 5.81. The molecule has 1 aliphatic rings. The molecular weight excluding hydrogens is 196 g/mol. The van der Waals surface area contributed by atoms with Gasteiger partial charge in [-0.2, -0.15) is 0 Å². The zero-order valence-corrected chi connectivity index (χ0v) is 9.91. The molecule has 1 saturated carbocycles. The lowest BCUT2D eigenvalue weighted by molar-refractivity contribution is -0.119. The van der Waals surface area contributed by atoms with Crippen LogP contribution in [-0.2, 0) is 4.79 Å².